The van der Waals surface area contributed by atoms with Gasteiger partial charge in [-0.25, -0.2) is 0 Å². The molecular formula is C7H10O. The van der Waals surface area contributed by atoms with E-state index in [1.54, 1.807) is 0 Å². The average molecular weight is 110 g/mol. The first kappa shape index (κ1) is 7.26. The van der Waals surface area contributed by atoms with Crippen LogP contribution in [0.15, 0.2) is 12.2 Å². The van der Waals surface area contributed by atoms with Gasteiger partial charge in [-0.1, -0.05) is 24.0 Å². The Labute approximate surface area is 50.0 Å². The van der Waals surface area contributed by atoms with Crippen molar-refractivity contribution in [3.63, 3.8) is 0 Å². The largest absolute Gasteiger partial charge is 0.384 e. The van der Waals surface area contributed by atoms with Crippen LogP contribution in [0.2, 0.25) is 0 Å². The van der Waals surface area contributed by atoms with Gasteiger partial charge in [0, 0.05) is 6.42 Å². The van der Waals surface area contributed by atoms with Crippen molar-refractivity contribution in [3.8, 4) is 11.8 Å². The highest BCUT2D eigenvalue weighted by Crippen LogP contribution is 1.76. The second-order valence-electron chi connectivity index (χ2n) is 1.28. The normalized spacial score (nSPS) is 8.75. The van der Waals surface area contributed by atoms with Gasteiger partial charge in [0.1, 0.15) is 6.61 Å². The van der Waals surface area contributed by atoms with Gasteiger partial charge in [0.05, 0.1) is 0 Å². The maximum Gasteiger partial charge on any atom is 0.104 e. The maximum absolute atomic E-state index is 8.17. The van der Waals surface area contributed by atoms with Gasteiger partial charge < -0.3 is 5.11 Å². The van der Waals surface area contributed by atoms with Crippen molar-refractivity contribution in [2.24, 2.45) is 0 Å². The van der Waals surface area contributed by atoms with Crippen molar-refractivity contribution in [3.05, 3.63) is 12.2 Å². The highest BCUT2D eigenvalue weighted by Gasteiger charge is 1.63. The first-order chi connectivity index (χ1) is 3.91. The molecule has 0 aromatic heterocycles. The first-order valence-corrected chi connectivity index (χ1v) is 2.59. The zero-order valence-electron chi connectivity index (χ0n) is 5.02. The molecule has 1 heteroatoms. The van der Waals surface area contributed by atoms with E-state index in [9.17, 15) is 0 Å². The first-order valence-electron chi connectivity index (χ1n) is 2.59. The highest BCUT2D eigenvalue weighted by atomic mass is 16.2. The molecular weight excluding hydrogens is 100 g/mol. The number of hydrogen-bond acceptors (Lipinski definition) is 1. The lowest BCUT2D eigenvalue weighted by Gasteiger charge is -1.71. The van der Waals surface area contributed by atoms with E-state index in [2.05, 4.69) is 11.8 Å². The number of hydrogen-bond donors (Lipinski definition) is 1. The summed E-state index contributed by atoms with van der Waals surface area (Å²) in [7, 11) is 0. The monoisotopic (exact) mass is 110 g/mol. The van der Waals surface area contributed by atoms with E-state index in [0.717, 1.165) is 6.42 Å². The van der Waals surface area contributed by atoms with E-state index in [1.807, 2.05) is 19.1 Å². The Morgan fingerprint density at radius 2 is 2.25 bits per heavy atom. The summed E-state index contributed by atoms with van der Waals surface area (Å²) in [5.41, 5.74) is 0. The third-order valence-electron chi connectivity index (χ3n) is 0.660. The number of aliphatic hydroxyl groups is 1. The fourth-order valence-corrected chi connectivity index (χ4v) is 0.305. The zero-order valence-corrected chi connectivity index (χ0v) is 5.02. The SMILES string of the molecule is CC=CCC#CCO. The van der Waals surface area contributed by atoms with Gasteiger partial charge >= 0.3 is 0 Å². The molecule has 0 saturated carbocycles. The number of allylic oxidation sites excluding steroid dienone is 2. The van der Waals surface area contributed by atoms with Crippen LogP contribution in [-0.2, 0) is 0 Å². The standard InChI is InChI=1S/C7H10O/c1-2-3-4-5-6-7-8/h2-3,8H,4,7H2,1H3. The Kier molecular flexibility index (Phi) is 5.68. The molecule has 0 aliphatic rings. The number of rotatable bonds is 1. The van der Waals surface area contributed by atoms with Crippen molar-refractivity contribution < 1.29 is 5.11 Å². The molecule has 8 heavy (non-hydrogen) atoms. The topological polar surface area (TPSA) is 20.2 Å². The van der Waals surface area contributed by atoms with Gasteiger partial charge in [0.15, 0.2) is 0 Å². The summed E-state index contributed by atoms with van der Waals surface area (Å²) in [5.74, 6) is 5.29. The minimum atomic E-state index is -0.0302. The van der Waals surface area contributed by atoms with Crippen LogP contribution < -0.4 is 0 Å². The molecule has 0 rings (SSSR count). The van der Waals surface area contributed by atoms with Gasteiger partial charge in [-0.3, -0.25) is 0 Å². The molecule has 0 aliphatic carbocycles. The molecule has 1 nitrogen and oxygen atoms in total. The van der Waals surface area contributed by atoms with Crippen LogP contribution in [0.4, 0.5) is 0 Å². The zero-order chi connectivity index (χ0) is 6.24. The Hall–Kier alpha value is -0.740. The molecule has 0 bridgehead atoms. The summed E-state index contributed by atoms with van der Waals surface area (Å²) in [6.07, 6.45) is 4.63. The van der Waals surface area contributed by atoms with Crippen LogP contribution in [0, 0.1) is 11.8 Å². The summed E-state index contributed by atoms with van der Waals surface area (Å²) >= 11 is 0. The Bertz CT molecular complexity index is 114. The molecule has 0 aromatic rings. The highest BCUT2D eigenvalue weighted by molar-refractivity contribution is 5.03. The number of aliphatic hydroxyl groups excluding tert-OH is 1. The maximum atomic E-state index is 8.17. The average Bonchev–Trinajstić information content (AvgIpc) is 1.81. The molecule has 0 unspecified atom stereocenters. The van der Waals surface area contributed by atoms with Gasteiger partial charge in [-0.15, -0.1) is 0 Å². The van der Waals surface area contributed by atoms with Gasteiger partial charge in [-0.2, -0.15) is 0 Å². The lowest BCUT2D eigenvalue weighted by atomic mass is 10.4. The van der Waals surface area contributed by atoms with Crippen molar-refractivity contribution in [2.75, 3.05) is 6.61 Å². The van der Waals surface area contributed by atoms with E-state index >= 15 is 0 Å². The molecule has 0 saturated heterocycles. The van der Waals surface area contributed by atoms with Crippen LogP contribution in [0.3, 0.4) is 0 Å². The predicted octanol–water partition coefficient (Wildman–Crippen LogP) is 0.948. The third kappa shape index (κ3) is 5.26. The van der Waals surface area contributed by atoms with Crippen LogP contribution >= 0.6 is 0 Å². The molecule has 44 valence electrons. The Morgan fingerprint density at radius 1 is 1.50 bits per heavy atom. The van der Waals surface area contributed by atoms with Crippen LogP contribution in [-0.4, -0.2) is 11.7 Å². The second kappa shape index (κ2) is 6.26. The lowest BCUT2D eigenvalue weighted by Crippen LogP contribution is -1.69. The summed E-state index contributed by atoms with van der Waals surface area (Å²) in [6.45, 7) is 1.91. The summed E-state index contributed by atoms with van der Waals surface area (Å²) < 4.78 is 0. The van der Waals surface area contributed by atoms with Crippen molar-refractivity contribution in [1.82, 2.24) is 0 Å². The predicted molar refractivity (Wildman–Crippen MR) is 34.3 cm³/mol. The molecule has 0 atom stereocenters. The van der Waals surface area contributed by atoms with Gasteiger partial charge in [-0.05, 0) is 6.92 Å². The third-order valence-corrected chi connectivity index (χ3v) is 0.660. The van der Waals surface area contributed by atoms with E-state index in [0.29, 0.717) is 0 Å². The molecule has 0 aromatic carbocycles. The minimum Gasteiger partial charge on any atom is -0.384 e. The molecule has 0 spiro atoms. The molecule has 0 radical (unpaired) electrons. The summed E-state index contributed by atoms with van der Waals surface area (Å²) in [4.78, 5) is 0. The van der Waals surface area contributed by atoms with E-state index < -0.39 is 0 Å². The van der Waals surface area contributed by atoms with E-state index in [4.69, 9.17) is 5.11 Å². The van der Waals surface area contributed by atoms with Crippen molar-refractivity contribution in [2.45, 2.75) is 13.3 Å². The molecule has 0 heterocycles. The molecule has 0 fully saturated rings. The van der Waals surface area contributed by atoms with Crippen molar-refractivity contribution in [1.29, 1.82) is 0 Å². The van der Waals surface area contributed by atoms with Crippen LogP contribution in [0.5, 0.6) is 0 Å². The van der Waals surface area contributed by atoms with Crippen LogP contribution in [0.25, 0.3) is 0 Å². The summed E-state index contributed by atoms with van der Waals surface area (Å²) in [5, 5.41) is 8.17. The van der Waals surface area contributed by atoms with Crippen LogP contribution in [0.1, 0.15) is 13.3 Å². The molecule has 0 aliphatic heterocycles. The molecule has 1 N–H and O–H groups in total. The Morgan fingerprint density at radius 3 is 2.75 bits per heavy atom. The quantitative estimate of drug-likeness (QED) is 0.393. The Balaban J connectivity index is 3.15. The summed E-state index contributed by atoms with van der Waals surface area (Å²) in [6, 6.07) is 0. The second-order valence-corrected chi connectivity index (χ2v) is 1.28. The van der Waals surface area contributed by atoms with E-state index in [-0.39, 0.29) is 6.61 Å². The smallest absolute Gasteiger partial charge is 0.104 e. The fraction of sp³-hybridized carbons (Fsp3) is 0.429. The fourth-order valence-electron chi connectivity index (χ4n) is 0.305. The van der Waals surface area contributed by atoms with Crippen molar-refractivity contribution >= 4 is 0 Å². The van der Waals surface area contributed by atoms with E-state index in [1.165, 1.54) is 0 Å². The van der Waals surface area contributed by atoms with Gasteiger partial charge in [0.2, 0.25) is 0 Å². The minimum absolute atomic E-state index is 0.0302. The molecule has 0 amide bonds. The van der Waals surface area contributed by atoms with Gasteiger partial charge in [0.25, 0.3) is 0 Å². The lowest BCUT2D eigenvalue weighted by molar-refractivity contribution is 0.350.